The molecule has 6 nitrogen and oxygen atoms in total. The molecule has 3 aliphatic rings. The predicted octanol–water partition coefficient (Wildman–Crippen LogP) is 4.44. The van der Waals surface area contributed by atoms with Gasteiger partial charge in [-0.15, -0.1) is 0 Å². The molecule has 184 valence electrons. The molecule has 0 bridgehead atoms. The van der Waals surface area contributed by atoms with Crippen molar-refractivity contribution in [2.45, 2.75) is 57.5 Å². The van der Waals surface area contributed by atoms with Crippen LogP contribution in [-0.4, -0.2) is 53.2 Å². The molecule has 1 atom stereocenters. The second-order valence-electron chi connectivity index (χ2n) is 10.00. The molecule has 2 aromatic carbocycles. The monoisotopic (exact) mass is 493 g/mol. The third-order valence-corrected chi connectivity index (χ3v) is 7.98. The number of benzene rings is 2. The zero-order chi connectivity index (χ0) is 24.4. The summed E-state index contributed by atoms with van der Waals surface area (Å²) in [6.45, 7) is 2.77. The molecule has 3 aliphatic heterocycles. The molecule has 5 rings (SSSR count). The fourth-order valence-electron chi connectivity index (χ4n) is 5.58. The number of amides is 3. The summed E-state index contributed by atoms with van der Waals surface area (Å²) in [6, 6.07) is 15.4. The van der Waals surface area contributed by atoms with Gasteiger partial charge in [0.05, 0.1) is 19.0 Å². The van der Waals surface area contributed by atoms with E-state index in [1.165, 1.54) is 10.5 Å². The van der Waals surface area contributed by atoms with E-state index < -0.39 is 0 Å². The highest BCUT2D eigenvalue weighted by Gasteiger charge is 2.42. The van der Waals surface area contributed by atoms with Gasteiger partial charge in [-0.25, -0.2) is 0 Å². The lowest BCUT2D eigenvalue weighted by molar-refractivity contribution is -0.140. The highest BCUT2D eigenvalue weighted by atomic mass is 35.5. The Labute approximate surface area is 211 Å². The standard InChI is InChI=1S/C28H32ClN3O3/c29-23-9-5-20(6-10-23)3-4-21-13-16-30(17-14-21)25-18-27(34)32(28(25)35)19-22-7-11-24(12-8-22)31-15-1-2-26(31)33/h5-12,21,25H,1-4,13-19H2/t25-/m0/s1. The Kier molecular flexibility index (Phi) is 7.21. The van der Waals surface area contributed by atoms with Gasteiger partial charge < -0.3 is 4.90 Å². The number of imide groups is 1. The van der Waals surface area contributed by atoms with Gasteiger partial charge in [-0.1, -0.05) is 35.9 Å². The fourth-order valence-corrected chi connectivity index (χ4v) is 5.70. The van der Waals surface area contributed by atoms with Crippen molar-refractivity contribution in [1.82, 2.24) is 9.80 Å². The minimum absolute atomic E-state index is 0.0755. The van der Waals surface area contributed by atoms with Gasteiger partial charge >= 0.3 is 0 Å². The van der Waals surface area contributed by atoms with Gasteiger partial charge in [0.15, 0.2) is 0 Å². The molecule has 0 radical (unpaired) electrons. The van der Waals surface area contributed by atoms with Crippen LogP contribution in [0.25, 0.3) is 0 Å². The first-order valence-electron chi connectivity index (χ1n) is 12.7. The van der Waals surface area contributed by atoms with E-state index in [1.807, 2.05) is 36.4 Å². The molecule has 0 unspecified atom stereocenters. The van der Waals surface area contributed by atoms with Gasteiger partial charge in [0.1, 0.15) is 0 Å². The fraction of sp³-hybridized carbons (Fsp3) is 0.464. The maximum atomic E-state index is 13.2. The highest BCUT2D eigenvalue weighted by Crippen LogP contribution is 2.29. The number of hydrogen-bond acceptors (Lipinski definition) is 4. The summed E-state index contributed by atoms with van der Waals surface area (Å²) in [7, 11) is 0. The van der Waals surface area contributed by atoms with Crippen molar-refractivity contribution in [2.75, 3.05) is 24.5 Å². The summed E-state index contributed by atoms with van der Waals surface area (Å²) in [5.41, 5.74) is 3.10. The van der Waals surface area contributed by atoms with E-state index in [4.69, 9.17) is 11.6 Å². The van der Waals surface area contributed by atoms with Crippen LogP contribution >= 0.6 is 11.6 Å². The molecule has 0 aliphatic carbocycles. The van der Waals surface area contributed by atoms with Crippen LogP contribution in [0.2, 0.25) is 5.02 Å². The van der Waals surface area contributed by atoms with Crippen LogP contribution < -0.4 is 4.90 Å². The molecule has 2 aromatic rings. The Morgan fingerprint density at radius 1 is 0.829 bits per heavy atom. The average molecular weight is 494 g/mol. The zero-order valence-corrected chi connectivity index (χ0v) is 20.8. The molecule has 0 N–H and O–H groups in total. The van der Waals surface area contributed by atoms with Crippen LogP contribution in [0, 0.1) is 5.92 Å². The summed E-state index contributed by atoms with van der Waals surface area (Å²) >= 11 is 5.98. The maximum Gasteiger partial charge on any atom is 0.247 e. The van der Waals surface area contributed by atoms with Crippen molar-refractivity contribution >= 4 is 35.0 Å². The smallest absolute Gasteiger partial charge is 0.247 e. The van der Waals surface area contributed by atoms with Gasteiger partial charge in [-0.2, -0.15) is 0 Å². The second-order valence-corrected chi connectivity index (χ2v) is 10.4. The molecular formula is C28H32ClN3O3. The lowest BCUT2D eigenvalue weighted by atomic mass is 9.90. The van der Waals surface area contributed by atoms with Crippen LogP contribution in [0.15, 0.2) is 48.5 Å². The number of hydrogen-bond donors (Lipinski definition) is 0. The number of piperidine rings is 1. The van der Waals surface area contributed by atoms with Gasteiger partial charge in [-0.05, 0) is 86.5 Å². The Balaban J connectivity index is 1.12. The number of halogens is 1. The third-order valence-electron chi connectivity index (χ3n) is 7.73. The van der Waals surface area contributed by atoms with E-state index in [0.717, 1.165) is 68.0 Å². The third kappa shape index (κ3) is 5.44. The van der Waals surface area contributed by atoms with Crippen molar-refractivity contribution in [3.8, 4) is 0 Å². The van der Waals surface area contributed by atoms with Crippen molar-refractivity contribution in [1.29, 1.82) is 0 Å². The molecule has 0 spiro atoms. The van der Waals surface area contributed by atoms with Crippen LogP contribution in [0.1, 0.15) is 49.7 Å². The molecule has 0 saturated carbocycles. The van der Waals surface area contributed by atoms with Crippen molar-refractivity contribution in [3.05, 3.63) is 64.7 Å². The molecule has 0 aromatic heterocycles. The van der Waals surface area contributed by atoms with E-state index in [9.17, 15) is 14.4 Å². The predicted molar refractivity (Wildman–Crippen MR) is 136 cm³/mol. The van der Waals surface area contributed by atoms with E-state index in [1.54, 1.807) is 4.90 Å². The lowest BCUT2D eigenvalue weighted by Gasteiger charge is -2.34. The van der Waals surface area contributed by atoms with Crippen LogP contribution in [0.4, 0.5) is 5.69 Å². The number of nitrogens with zero attached hydrogens (tertiary/aromatic N) is 3. The second kappa shape index (κ2) is 10.5. The molecule has 3 amide bonds. The summed E-state index contributed by atoms with van der Waals surface area (Å²) in [4.78, 5) is 43.3. The lowest BCUT2D eigenvalue weighted by Crippen LogP contribution is -2.45. The van der Waals surface area contributed by atoms with Crippen molar-refractivity contribution in [2.24, 2.45) is 5.92 Å². The molecule has 7 heteroatoms. The SMILES string of the molecule is O=C1C[C@H](N2CCC(CCc3ccc(Cl)cc3)CC2)C(=O)N1Cc1ccc(N2CCCC2=O)cc1. The van der Waals surface area contributed by atoms with E-state index in [-0.39, 0.29) is 30.2 Å². The van der Waals surface area contributed by atoms with Gasteiger partial charge in [0, 0.05) is 23.7 Å². The molecule has 3 saturated heterocycles. The number of carbonyl (C=O) groups is 3. The summed E-state index contributed by atoms with van der Waals surface area (Å²) in [5.74, 6) is 0.627. The highest BCUT2D eigenvalue weighted by molar-refractivity contribution is 6.30. The molecule has 3 fully saturated rings. The summed E-state index contributed by atoms with van der Waals surface area (Å²) in [6.07, 6.45) is 6.05. The Bertz CT molecular complexity index is 1080. The first-order chi connectivity index (χ1) is 17.0. The van der Waals surface area contributed by atoms with E-state index in [0.29, 0.717) is 18.9 Å². The van der Waals surface area contributed by atoms with Gasteiger partial charge in [-0.3, -0.25) is 24.2 Å². The molecule has 35 heavy (non-hydrogen) atoms. The van der Waals surface area contributed by atoms with Crippen LogP contribution in [0.3, 0.4) is 0 Å². The Morgan fingerprint density at radius 2 is 1.51 bits per heavy atom. The van der Waals surface area contributed by atoms with E-state index >= 15 is 0 Å². The number of aryl methyl sites for hydroxylation is 1. The topological polar surface area (TPSA) is 60.9 Å². The quantitative estimate of drug-likeness (QED) is 0.535. The molecule has 3 heterocycles. The van der Waals surface area contributed by atoms with Gasteiger partial charge in [0.2, 0.25) is 17.7 Å². The minimum atomic E-state index is -0.332. The summed E-state index contributed by atoms with van der Waals surface area (Å²) < 4.78 is 0. The average Bonchev–Trinajstić information content (AvgIpc) is 3.42. The van der Waals surface area contributed by atoms with Gasteiger partial charge in [0.25, 0.3) is 0 Å². The number of likely N-dealkylation sites (tertiary alicyclic amines) is 2. The maximum absolute atomic E-state index is 13.2. The molecular weight excluding hydrogens is 462 g/mol. The zero-order valence-electron chi connectivity index (χ0n) is 20.0. The normalized spacial score (nSPS) is 22.0. The largest absolute Gasteiger partial charge is 0.312 e. The minimum Gasteiger partial charge on any atom is -0.312 e. The number of carbonyl (C=O) groups excluding carboxylic acids is 3. The van der Waals surface area contributed by atoms with Crippen LogP contribution in [-0.2, 0) is 27.3 Å². The Hall–Kier alpha value is -2.70. The van der Waals surface area contributed by atoms with Crippen molar-refractivity contribution < 1.29 is 14.4 Å². The Morgan fingerprint density at radius 3 is 2.17 bits per heavy atom. The summed E-state index contributed by atoms with van der Waals surface area (Å²) in [5, 5.41) is 0.766. The number of anilines is 1. The van der Waals surface area contributed by atoms with E-state index in [2.05, 4.69) is 17.0 Å². The first kappa shape index (κ1) is 24.0. The van der Waals surface area contributed by atoms with Crippen molar-refractivity contribution in [3.63, 3.8) is 0 Å². The first-order valence-corrected chi connectivity index (χ1v) is 13.1. The van der Waals surface area contributed by atoms with Crippen LogP contribution in [0.5, 0.6) is 0 Å². The number of rotatable bonds is 7.